The Morgan fingerprint density at radius 1 is 1.24 bits per heavy atom. The van der Waals surface area contributed by atoms with Crippen LogP contribution < -0.4 is 0 Å². The molecule has 0 aromatic carbocycles. The summed E-state index contributed by atoms with van der Waals surface area (Å²) in [6.45, 7) is 11.8. The largest absolute Gasteiger partial charge is 0.442 e. The van der Waals surface area contributed by atoms with Crippen molar-refractivity contribution in [3.63, 3.8) is 0 Å². The van der Waals surface area contributed by atoms with Gasteiger partial charge in [-0.1, -0.05) is 30.4 Å². The summed E-state index contributed by atoms with van der Waals surface area (Å²) in [5, 5.41) is 19.7. The first-order valence-corrected chi connectivity index (χ1v) is 15.0. The quantitative estimate of drug-likeness (QED) is 0.165. The molecule has 9 heteroatoms. The maximum Gasteiger partial charge on any atom is 0.410 e. The Hall–Kier alpha value is -2.30. The van der Waals surface area contributed by atoms with E-state index in [4.69, 9.17) is 18.9 Å². The van der Waals surface area contributed by atoms with E-state index >= 15 is 0 Å². The zero-order chi connectivity index (χ0) is 29.6. The van der Waals surface area contributed by atoms with Gasteiger partial charge in [0.05, 0.1) is 32.0 Å². The minimum atomic E-state index is -0.627. The number of aliphatic hydroxyl groups excluding tert-OH is 2. The fraction of sp³-hybridized carbons (Fsp3) is 0.688. The minimum Gasteiger partial charge on any atom is -0.442 e. The molecule has 41 heavy (non-hydrogen) atoms. The molecule has 1 unspecified atom stereocenters. The highest BCUT2D eigenvalue weighted by molar-refractivity contribution is 5.89. The minimum absolute atomic E-state index is 0.00125. The second kappa shape index (κ2) is 14.2. The van der Waals surface area contributed by atoms with Gasteiger partial charge in [0.15, 0.2) is 5.78 Å². The number of ketones is 1. The van der Waals surface area contributed by atoms with Crippen LogP contribution >= 0.6 is 0 Å². The molecule has 1 spiro atoms. The van der Waals surface area contributed by atoms with Crippen LogP contribution in [0.1, 0.15) is 59.3 Å². The maximum atomic E-state index is 12.6. The van der Waals surface area contributed by atoms with Gasteiger partial charge in [0.2, 0.25) is 0 Å². The van der Waals surface area contributed by atoms with Crippen molar-refractivity contribution >= 4 is 11.9 Å². The molecule has 0 aromatic rings. The lowest BCUT2D eigenvalue weighted by atomic mass is 9.87. The van der Waals surface area contributed by atoms with Crippen molar-refractivity contribution in [3.8, 4) is 0 Å². The van der Waals surface area contributed by atoms with Crippen molar-refractivity contribution in [1.82, 2.24) is 4.90 Å². The van der Waals surface area contributed by atoms with Gasteiger partial charge in [0, 0.05) is 31.8 Å². The van der Waals surface area contributed by atoms with Crippen LogP contribution in [-0.2, 0) is 23.7 Å². The fourth-order valence-electron chi connectivity index (χ4n) is 5.90. The van der Waals surface area contributed by atoms with Crippen molar-refractivity contribution in [2.24, 2.45) is 11.8 Å². The van der Waals surface area contributed by atoms with Crippen molar-refractivity contribution in [1.29, 1.82) is 0 Å². The molecule has 2 N–H and O–H groups in total. The Balaban J connectivity index is 1.14. The van der Waals surface area contributed by atoms with E-state index in [1.54, 1.807) is 17.9 Å². The molecule has 4 fully saturated rings. The number of ether oxygens (including phenoxy) is 4. The highest BCUT2D eigenvalue weighted by atomic mass is 16.6. The topological polar surface area (TPSA) is 118 Å². The lowest BCUT2D eigenvalue weighted by Crippen LogP contribution is -2.46. The fourth-order valence-corrected chi connectivity index (χ4v) is 5.90. The monoisotopic (exact) mass is 573 g/mol. The summed E-state index contributed by atoms with van der Waals surface area (Å²) >= 11 is 0. The third-order valence-electron chi connectivity index (χ3n) is 8.91. The lowest BCUT2D eigenvalue weighted by molar-refractivity contribution is -0.120. The molecule has 4 aliphatic heterocycles. The number of amides is 1. The van der Waals surface area contributed by atoms with E-state index in [2.05, 4.69) is 12.7 Å². The number of carbonyl (C=O) groups excluding carboxylic acids is 2. The van der Waals surface area contributed by atoms with Gasteiger partial charge >= 0.3 is 6.09 Å². The molecule has 0 aliphatic carbocycles. The van der Waals surface area contributed by atoms with Gasteiger partial charge in [0.1, 0.15) is 23.9 Å². The molecule has 0 saturated carbocycles. The number of rotatable bonds is 11. The van der Waals surface area contributed by atoms with Crippen molar-refractivity contribution in [3.05, 3.63) is 48.1 Å². The van der Waals surface area contributed by atoms with Crippen LogP contribution in [0.2, 0.25) is 0 Å². The first kappa shape index (κ1) is 31.6. The first-order chi connectivity index (χ1) is 19.6. The third-order valence-corrected chi connectivity index (χ3v) is 8.91. The molecule has 4 heterocycles. The van der Waals surface area contributed by atoms with Crippen LogP contribution in [0.3, 0.4) is 0 Å². The summed E-state index contributed by atoms with van der Waals surface area (Å²) in [7, 11) is 0. The Morgan fingerprint density at radius 3 is 2.73 bits per heavy atom. The van der Waals surface area contributed by atoms with Gasteiger partial charge in [-0.15, -0.1) is 0 Å². The zero-order valence-electron chi connectivity index (χ0n) is 24.7. The average Bonchev–Trinajstić information content (AvgIpc) is 3.55. The van der Waals surface area contributed by atoms with Gasteiger partial charge in [-0.2, -0.15) is 0 Å². The van der Waals surface area contributed by atoms with Crippen molar-refractivity contribution in [2.75, 3.05) is 32.9 Å². The van der Waals surface area contributed by atoms with E-state index in [1.807, 2.05) is 26.0 Å². The van der Waals surface area contributed by atoms with E-state index in [9.17, 15) is 19.8 Å². The highest BCUT2D eigenvalue weighted by Crippen LogP contribution is 2.40. The van der Waals surface area contributed by atoms with Crippen LogP contribution in [0.4, 0.5) is 4.79 Å². The lowest BCUT2D eigenvalue weighted by Gasteiger charge is -2.34. The Bertz CT molecular complexity index is 1030. The zero-order valence-corrected chi connectivity index (χ0v) is 24.7. The standard InChI is InChI=1S/C32H47NO8/c1-21(6-12-29-30(36)32(20-39-32)14-16-38-29)5-10-28-11-8-25(24(4)41-28)17-27(35)9-7-23(3)40-31(37)33-15-13-26(18-33)22(2)19-34/h5-7,9,12,23-26,28-30,34,36H,2,8,10-11,13-20H2,1,3-4H3/b9-7-,12-6+,21-5+/t23-,24+,25-,26-,28-,29?,30+,32+/m0/s1. The molecule has 4 rings (SSSR count). The summed E-state index contributed by atoms with van der Waals surface area (Å²) in [6, 6.07) is 0. The molecule has 228 valence electrons. The number of hydrogen-bond donors (Lipinski definition) is 2. The average molecular weight is 574 g/mol. The summed E-state index contributed by atoms with van der Waals surface area (Å²) in [5.41, 5.74) is 1.43. The Kier molecular flexibility index (Phi) is 11.0. The molecule has 1 amide bonds. The second-order valence-corrected chi connectivity index (χ2v) is 12.1. The van der Waals surface area contributed by atoms with Crippen molar-refractivity contribution in [2.45, 2.75) is 95.4 Å². The molecule has 0 aromatic heterocycles. The molecule has 0 bridgehead atoms. The van der Waals surface area contributed by atoms with Crippen LogP contribution in [-0.4, -0.2) is 96.0 Å². The van der Waals surface area contributed by atoms with Crippen LogP contribution in [0.5, 0.6) is 0 Å². The van der Waals surface area contributed by atoms with E-state index in [1.165, 1.54) is 6.08 Å². The number of epoxide rings is 1. The number of carbonyl (C=O) groups is 2. The van der Waals surface area contributed by atoms with Crippen LogP contribution in [0.15, 0.2) is 48.1 Å². The highest BCUT2D eigenvalue weighted by Gasteiger charge is 2.55. The van der Waals surface area contributed by atoms with Gasteiger partial charge in [-0.25, -0.2) is 4.79 Å². The summed E-state index contributed by atoms with van der Waals surface area (Å²) in [4.78, 5) is 26.7. The van der Waals surface area contributed by atoms with E-state index < -0.39 is 23.9 Å². The SMILES string of the molecule is C=C(CO)[C@H]1CCN(C(=O)O[C@@H](C)/C=C\C(=O)C[C@@H]2CC[C@H](C/C=C(C)/C=C/C3OCC[C@@]4(CO4)[C@@H]3O)O[C@@H]2C)C1. The molecular formula is C32H47NO8. The Labute approximate surface area is 243 Å². The van der Waals surface area contributed by atoms with Gasteiger partial charge in [-0.05, 0) is 70.1 Å². The molecule has 0 radical (unpaired) electrons. The van der Waals surface area contributed by atoms with E-state index in [0.717, 1.165) is 43.3 Å². The summed E-state index contributed by atoms with van der Waals surface area (Å²) in [6.07, 6.45) is 11.9. The van der Waals surface area contributed by atoms with E-state index in [0.29, 0.717) is 32.7 Å². The Morgan fingerprint density at radius 2 is 2.02 bits per heavy atom. The first-order valence-electron chi connectivity index (χ1n) is 15.0. The molecule has 4 aliphatic rings. The van der Waals surface area contributed by atoms with Crippen LogP contribution in [0.25, 0.3) is 0 Å². The second-order valence-electron chi connectivity index (χ2n) is 12.1. The predicted molar refractivity (Wildman–Crippen MR) is 154 cm³/mol. The van der Waals surface area contributed by atoms with E-state index in [-0.39, 0.29) is 42.5 Å². The number of aliphatic hydroxyl groups is 2. The predicted octanol–water partition coefficient (Wildman–Crippen LogP) is 3.89. The molecule has 4 saturated heterocycles. The molecule has 9 nitrogen and oxygen atoms in total. The van der Waals surface area contributed by atoms with Gasteiger partial charge in [0.25, 0.3) is 0 Å². The molecule has 8 atom stereocenters. The number of allylic oxidation sites excluding steroid dienone is 3. The van der Waals surface area contributed by atoms with Gasteiger partial charge < -0.3 is 34.1 Å². The number of hydrogen-bond acceptors (Lipinski definition) is 8. The van der Waals surface area contributed by atoms with Crippen LogP contribution in [0, 0.1) is 11.8 Å². The maximum absolute atomic E-state index is 12.6. The third kappa shape index (κ3) is 8.61. The molecular weight excluding hydrogens is 526 g/mol. The summed E-state index contributed by atoms with van der Waals surface area (Å²) < 4.78 is 22.9. The number of nitrogens with zero attached hydrogens (tertiary/aromatic N) is 1. The summed E-state index contributed by atoms with van der Waals surface area (Å²) in [5.74, 6) is 0.242. The van der Waals surface area contributed by atoms with Gasteiger partial charge in [-0.3, -0.25) is 4.79 Å². The smallest absolute Gasteiger partial charge is 0.410 e. The number of likely N-dealkylation sites (tertiary alicyclic amines) is 1. The van der Waals surface area contributed by atoms with Crippen molar-refractivity contribution < 1.29 is 38.7 Å². The normalized spacial score (nSPS) is 34.9.